The summed E-state index contributed by atoms with van der Waals surface area (Å²) in [7, 11) is 0. The van der Waals surface area contributed by atoms with E-state index in [1.54, 1.807) is 0 Å². The molecule has 2 aromatic rings. The average Bonchev–Trinajstić information content (AvgIpc) is 2.48. The smallest absolute Gasteiger partial charge is 0.336 e. The van der Waals surface area contributed by atoms with E-state index in [1.165, 1.54) is 0 Å². The van der Waals surface area contributed by atoms with E-state index in [0.717, 1.165) is 24.3 Å². The first-order valence-corrected chi connectivity index (χ1v) is 6.04. The molecule has 0 saturated carbocycles. The lowest BCUT2D eigenvalue weighted by Gasteiger charge is -2.11. The van der Waals surface area contributed by atoms with Crippen LogP contribution in [0.15, 0.2) is 30.3 Å². The third-order valence-corrected chi connectivity index (χ3v) is 3.08. The normalized spacial score (nSPS) is 10.3. The molecule has 0 radical (unpaired) electrons. The van der Waals surface area contributed by atoms with Gasteiger partial charge in [-0.2, -0.15) is 0 Å². The van der Waals surface area contributed by atoms with Crippen LogP contribution in [0.1, 0.15) is 20.7 Å². The lowest BCUT2D eigenvalue weighted by Crippen LogP contribution is -2.06. The lowest BCUT2D eigenvalue weighted by molar-refractivity contribution is -0.384. The number of nitrogens with zero attached hydrogens (tertiary/aromatic N) is 1. The molecule has 0 fully saturated rings. The highest BCUT2D eigenvalue weighted by molar-refractivity contribution is 6.05. The van der Waals surface area contributed by atoms with Crippen LogP contribution < -0.4 is 0 Å². The van der Waals surface area contributed by atoms with Crippen molar-refractivity contribution in [2.45, 2.75) is 0 Å². The second kappa shape index (κ2) is 5.64. The summed E-state index contributed by atoms with van der Waals surface area (Å²) in [5.41, 5.74) is -2.60. The molecule has 23 heavy (non-hydrogen) atoms. The number of nitro groups is 1. The Labute approximate surface area is 127 Å². The second-order valence-electron chi connectivity index (χ2n) is 4.45. The standard InChI is InChI=1S/C14H9NO8/c16-10-4-7(8(14(20)21)5-11(10)17)12-6(13(18)19)2-1-3-9(12)15(22)23/h1-5,16-17H,(H,18,19)(H,20,21). The summed E-state index contributed by atoms with van der Waals surface area (Å²) in [4.78, 5) is 32.9. The fraction of sp³-hybridized carbons (Fsp3) is 0. The Morgan fingerprint density at radius 1 is 0.957 bits per heavy atom. The van der Waals surface area contributed by atoms with Crippen LogP contribution in [-0.4, -0.2) is 37.3 Å². The molecule has 9 heteroatoms. The van der Waals surface area contributed by atoms with Gasteiger partial charge < -0.3 is 20.4 Å². The highest BCUT2D eigenvalue weighted by Crippen LogP contribution is 2.40. The van der Waals surface area contributed by atoms with Crippen molar-refractivity contribution in [3.63, 3.8) is 0 Å². The summed E-state index contributed by atoms with van der Waals surface area (Å²) in [5.74, 6) is -4.54. The predicted molar refractivity (Wildman–Crippen MR) is 75.8 cm³/mol. The van der Waals surface area contributed by atoms with E-state index in [0.29, 0.717) is 6.07 Å². The van der Waals surface area contributed by atoms with Crippen LogP contribution in [-0.2, 0) is 0 Å². The number of carbonyl (C=O) groups is 2. The van der Waals surface area contributed by atoms with Crippen LogP contribution in [0.25, 0.3) is 11.1 Å². The first-order chi connectivity index (χ1) is 10.7. The van der Waals surface area contributed by atoms with Gasteiger partial charge in [0.1, 0.15) is 0 Å². The Kier molecular flexibility index (Phi) is 3.86. The summed E-state index contributed by atoms with van der Waals surface area (Å²) in [5, 5.41) is 48.5. The summed E-state index contributed by atoms with van der Waals surface area (Å²) in [6, 6.07) is 4.69. The average molecular weight is 319 g/mol. The second-order valence-corrected chi connectivity index (χ2v) is 4.45. The van der Waals surface area contributed by atoms with Gasteiger partial charge in [-0.1, -0.05) is 6.07 Å². The zero-order valence-corrected chi connectivity index (χ0v) is 11.3. The number of aromatic carboxylic acids is 2. The fourth-order valence-electron chi connectivity index (χ4n) is 2.11. The number of carboxylic acids is 2. The van der Waals surface area contributed by atoms with Gasteiger partial charge in [-0.25, -0.2) is 9.59 Å². The molecular formula is C14H9NO8. The van der Waals surface area contributed by atoms with E-state index in [4.69, 9.17) is 0 Å². The molecule has 118 valence electrons. The van der Waals surface area contributed by atoms with E-state index < -0.39 is 56.3 Å². The molecule has 0 aromatic heterocycles. The fourth-order valence-corrected chi connectivity index (χ4v) is 2.11. The van der Waals surface area contributed by atoms with E-state index in [9.17, 15) is 40.1 Å². The molecule has 4 N–H and O–H groups in total. The van der Waals surface area contributed by atoms with Gasteiger partial charge in [0.25, 0.3) is 5.69 Å². The van der Waals surface area contributed by atoms with E-state index in [1.807, 2.05) is 0 Å². The number of phenolic OH excluding ortho intramolecular Hbond substituents is 2. The van der Waals surface area contributed by atoms with Crippen molar-refractivity contribution in [1.82, 2.24) is 0 Å². The number of hydrogen-bond donors (Lipinski definition) is 4. The van der Waals surface area contributed by atoms with Crippen molar-refractivity contribution in [3.8, 4) is 22.6 Å². The van der Waals surface area contributed by atoms with Gasteiger partial charge in [-0.05, 0) is 18.2 Å². The molecule has 0 saturated heterocycles. The van der Waals surface area contributed by atoms with Crippen LogP contribution in [0.2, 0.25) is 0 Å². The third kappa shape index (κ3) is 2.75. The molecule has 0 bridgehead atoms. The summed E-state index contributed by atoms with van der Waals surface area (Å²) in [6.07, 6.45) is 0. The molecular weight excluding hydrogens is 310 g/mol. The largest absolute Gasteiger partial charge is 0.504 e. The quantitative estimate of drug-likeness (QED) is 0.378. The number of benzene rings is 2. The minimum Gasteiger partial charge on any atom is -0.504 e. The molecule has 0 atom stereocenters. The number of nitro benzene ring substituents is 1. The Morgan fingerprint density at radius 2 is 1.52 bits per heavy atom. The van der Waals surface area contributed by atoms with Gasteiger partial charge in [-0.15, -0.1) is 0 Å². The number of rotatable bonds is 4. The number of aromatic hydroxyl groups is 2. The maximum atomic E-state index is 11.3. The van der Waals surface area contributed by atoms with Crippen molar-refractivity contribution in [3.05, 3.63) is 51.6 Å². The zero-order valence-electron chi connectivity index (χ0n) is 11.3. The monoisotopic (exact) mass is 319 g/mol. The number of hydrogen-bond acceptors (Lipinski definition) is 6. The van der Waals surface area contributed by atoms with Gasteiger partial charge in [0.15, 0.2) is 11.5 Å². The Bertz CT molecular complexity index is 811. The highest BCUT2D eigenvalue weighted by atomic mass is 16.6. The topological polar surface area (TPSA) is 158 Å². The molecule has 2 aromatic carbocycles. The summed E-state index contributed by atoms with van der Waals surface area (Å²) in [6.45, 7) is 0. The van der Waals surface area contributed by atoms with Crippen molar-refractivity contribution >= 4 is 17.6 Å². The maximum absolute atomic E-state index is 11.3. The van der Waals surface area contributed by atoms with Crippen LogP contribution in [0, 0.1) is 10.1 Å². The molecule has 2 rings (SSSR count). The minimum atomic E-state index is -1.55. The molecule has 0 amide bonds. The first kappa shape index (κ1) is 15.8. The molecule has 0 aliphatic rings. The Balaban J connectivity index is 2.96. The van der Waals surface area contributed by atoms with Crippen molar-refractivity contribution in [2.75, 3.05) is 0 Å². The van der Waals surface area contributed by atoms with Crippen LogP contribution in [0.3, 0.4) is 0 Å². The minimum absolute atomic E-state index is 0.391. The van der Waals surface area contributed by atoms with Gasteiger partial charge in [0, 0.05) is 11.6 Å². The van der Waals surface area contributed by atoms with E-state index in [2.05, 4.69) is 0 Å². The Morgan fingerprint density at radius 3 is 2.04 bits per heavy atom. The molecule has 0 unspecified atom stereocenters. The lowest BCUT2D eigenvalue weighted by atomic mass is 9.93. The molecule has 9 nitrogen and oxygen atoms in total. The van der Waals surface area contributed by atoms with Crippen LogP contribution >= 0.6 is 0 Å². The molecule has 0 aliphatic heterocycles. The SMILES string of the molecule is O=C(O)c1cc(O)c(O)cc1-c1c(C(=O)O)cccc1[N+](=O)[O-]. The van der Waals surface area contributed by atoms with Crippen molar-refractivity contribution in [1.29, 1.82) is 0 Å². The third-order valence-electron chi connectivity index (χ3n) is 3.08. The van der Waals surface area contributed by atoms with Crippen LogP contribution in [0.5, 0.6) is 11.5 Å². The predicted octanol–water partition coefficient (Wildman–Crippen LogP) is 2.07. The molecule has 0 aliphatic carbocycles. The summed E-state index contributed by atoms with van der Waals surface area (Å²) >= 11 is 0. The van der Waals surface area contributed by atoms with Crippen molar-refractivity contribution < 1.29 is 34.9 Å². The maximum Gasteiger partial charge on any atom is 0.336 e. The summed E-state index contributed by atoms with van der Waals surface area (Å²) < 4.78 is 0. The van der Waals surface area contributed by atoms with Crippen molar-refractivity contribution in [2.24, 2.45) is 0 Å². The number of carboxylic acid groups (broad SMARTS) is 2. The Hall–Kier alpha value is -3.62. The zero-order chi connectivity index (χ0) is 17.3. The molecule has 0 spiro atoms. The van der Waals surface area contributed by atoms with Gasteiger partial charge >= 0.3 is 11.9 Å². The van der Waals surface area contributed by atoms with E-state index >= 15 is 0 Å². The van der Waals surface area contributed by atoms with E-state index in [-0.39, 0.29) is 0 Å². The van der Waals surface area contributed by atoms with Gasteiger partial charge in [-0.3, -0.25) is 10.1 Å². The molecule has 0 heterocycles. The van der Waals surface area contributed by atoms with Crippen LogP contribution in [0.4, 0.5) is 5.69 Å². The highest BCUT2D eigenvalue weighted by Gasteiger charge is 2.27. The van der Waals surface area contributed by atoms with Gasteiger partial charge in [0.2, 0.25) is 0 Å². The first-order valence-electron chi connectivity index (χ1n) is 6.04. The number of phenols is 2. The van der Waals surface area contributed by atoms with Gasteiger partial charge in [0.05, 0.1) is 21.6 Å².